The van der Waals surface area contributed by atoms with Gasteiger partial charge in [0.25, 0.3) is 0 Å². The predicted octanol–water partition coefficient (Wildman–Crippen LogP) is 6.76. The zero-order valence-corrected chi connectivity index (χ0v) is 14.5. The topological polar surface area (TPSA) is 0 Å². The highest BCUT2D eigenvalue weighted by molar-refractivity contribution is 8.00. The van der Waals surface area contributed by atoms with Gasteiger partial charge in [-0.25, -0.2) is 0 Å². The van der Waals surface area contributed by atoms with Crippen molar-refractivity contribution in [1.82, 2.24) is 0 Å². The molecule has 112 valence electrons. The van der Waals surface area contributed by atoms with Crippen LogP contribution < -0.4 is 0 Å². The van der Waals surface area contributed by atoms with E-state index in [1.54, 1.807) is 4.88 Å². The standard InChI is InChI=1S/C21H16S2/c1-13-10-18-19(22-13)12-20(23-18)21-16-8-4-2-6-14(16)11-15-7-3-5-9-17(15)21/h2-9,11-13H,10H2,1H3. The summed E-state index contributed by atoms with van der Waals surface area (Å²) in [5, 5.41) is 6.12. The highest BCUT2D eigenvalue weighted by atomic mass is 32.2. The second-order valence-electron chi connectivity index (χ2n) is 6.22. The van der Waals surface area contributed by atoms with Gasteiger partial charge in [0.2, 0.25) is 0 Å². The largest absolute Gasteiger partial charge is 0.139 e. The molecule has 1 atom stereocenters. The van der Waals surface area contributed by atoms with E-state index in [0.717, 1.165) is 5.25 Å². The molecule has 0 nitrogen and oxygen atoms in total. The molecule has 1 aliphatic heterocycles. The van der Waals surface area contributed by atoms with E-state index in [1.165, 1.54) is 43.3 Å². The molecule has 0 bridgehead atoms. The van der Waals surface area contributed by atoms with Crippen LogP contribution in [0.3, 0.4) is 0 Å². The van der Waals surface area contributed by atoms with Crippen molar-refractivity contribution in [2.75, 3.05) is 0 Å². The Kier molecular flexibility index (Phi) is 3.04. The van der Waals surface area contributed by atoms with Gasteiger partial charge in [0.05, 0.1) is 0 Å². The van der Waals surface area contributed by atoms with E-state index in [9.17, 15) is 0 Å². The first-order valence-electron chi connectivity index (χ1n) is 8.00. The van der Waals surface area contributed by atoms with Crippen molar-refractivity contribution in [1.29, 1.82) is 0 Å². The number of hydrogen-bond acceptors (Lipinski definition) is 2. The molecule has 23 heavy (non-hydrogen) atoms. The molecule has 4 aromatic rings. The molecule has 0 saturated carbocycles. The van der Waals surface area contributed by atoms with E-state index in [0.29, 0.717) is 0 Å². The van der Waals surface area contributed by atoms with Gasteiger partial charge in [0.15, 0.2) is 0 Å². The Morgan fingerprint density at radius 1 is 0.870 bits per heavy atom. The molecular formula is C21H16S2. The van der Waals surface area contributed by atoms with Crippen LogP contribution in [0, 0.1) is 0 Å². The molecule has 2 heterocycles. The minimum absolute atomic E-state index is 0.731. The van der Waals surface area contributed by atoms with Crippen molar-refractivity contribution < 1.29 is 0 Å². The highest BCUT2D eigenvalue weighted by Crippen LogP contribution is 2.47. The fourth-order valence-corrected chi connectivity index (χ4v) is 6.37. The highest BCUT2D eigenvalue weighted by Gasteiger charge is 2.23. The Bertz CT molecular complexity index is 965. The van der Waals surface area contributed by atoms with Crippen LogP contribution >= 0.6 is 23.1 Å². The number of thiophene rings is 1. The molecule has 5 rings (SSSR count). The molecule has 2 heteroatoms. The summed E-state index contributed by atoms with van der Waals surface area (Å²) in [7, 11) is 0. The molecule has 1 unspecified atom stereocenters. The van der Waals surface area contributed by atoms with E-state index < -0.39 is 0 Å². The molecule has 1 aliphatic rings. The first-order chi connectivity index (χ1) is 11.3. The summed E-state index contributed by atoms with van der Waals surface area (Å²) >= 11 is 4.02. The van der Waals surface area contributed by atoms with E-state index in [-0.39, 0.29) is 0 Å². The van der Waals surface area contributed by atoms with E-state index in [2.05, 4.69) is 67.6 Å². The van der Waals surface area contributed by atoms with Crippen molar-refractivity contribution in [3.8, 4) is 10.4 Å². The average Bonchev–Trinajstić information content (AvgIpc) is 3.09. The average molecular weight is 332 g/mol. The summed E-state index contributed by atoms with van der Waals surface area (Å²) < 4.78 is 0. The lowest BCUT2D eigenvalue weighted by molar-refractivity contribution is 0.981. The van der Waals surface area contributed by atoms with Crippen LogP contribution in [0.25, 0.3) is 32.0 Å². The Morgan fingerprint density at radius 3 is 2.17 bits per heavy atom. The maximum Gasteiger partial charge on any atom is 0.0369 e. The summed E-state index contributed by atoms with van der Waals surface area (Å²) in [5.41, 5.74) is 1.41. The van der Waals surface area contributed by atoms with Crippen LogP contribution in [0.5, 0.6) is 0 Å². The summed E-state index contributed by atoms with van der Waals surface area (Å²) in [6.45, 7) is 2.32. The van der Waals surface area contributed by atoms with Gasteiger partial charge in [-0.2, -0.15) is 0 Å². The molecule has 0 amide bonds. The number of fused-ring (bicyclic) bond motifs is 3. The third kappa shape index (κ3) is 2.13. The fourth-order valence-electron chi connectivity index (χ4n) is 3.58. The smallest absolute Gasteiger partial charge is 0.0369 e. The second-order valence-corrected chi connectivity index (χ2v) is 8.84. The van der Waals surface area contributed by atoms with Gasteiger partial charge in [-0.05, 0) is 40.1 Å². The second kappa shape index (κ2) is 5.12. The van der Waals surface area contributed by atoms with Crippen LogP contribution in [-0.2, 0) is 6.42 Å². The van der Waals surface area contributed by atoms with Gasteiger partial charge >= 0.3 is 0 Å². The summed E-state index contributed by atoms with van der Waals surface area (Å²) in [4.78, 5) is 4.48. The third-order valence-electron chi connectivity index (χ3n) is 4.59. The van der Waals surface area contributed by atoms with E-state index in [1.807, 2.05) is 23.1 Å². The molecule has 0 spiro atoms. The Morgan fingerprint density at radius 2 is 1.52 bits per heavy atom. The van der Waals surface area contributed by atoms with Crippen molar-refractivity contribution >= 4 is 44.6 Å². The van der Waals surface area contributed by atoms with Crippen molar-refractivity contribution in [2.24, 2.45) is 0 Å². The Labute approximate surface area is 144 Å². The predicted molar refractivity (Wildman–Crippen MR) is 104 cm³/mol. The minimum atomic E-state index is 0.731. The SMILES string of the molecule is CC1Cc2sc(-c3c4ccccc4cc4ccccc34)cc2S1. The van der Waals surface area contributed by atoms with E-state index in [4.69, 9.17) is 0 Å². The summed E-state index contributed by atoms with van der Waals surface area (Å²) in [6.07, 6.45) is 1.22. The minimum Gasteiger partial charge on any atom is -0.139 e. The van der Waals surface area contributed by atoms with Gasteiger partial charge < -0.3 is 0 Å². The third-order valence-corrected chi connectivity index (χ3v) is 7.08. The normalized spacial score (nSPS) is 17.0. The number of hydrogen-bond donors (Lipinski definition) is 0. The summed E-state index contributed by atoms with van der Waals surface area (Å²) in [5.74, 6) is 0. The lowest BCUT2D eigenvalue weighted by atomic mass is 9.96. The van der Waals surface area contributed by atoms with E-state index >= 15 is 0 Å². The zero-order valence-electron chi connectivity index (χ0n) is 12.9. The van der Waals surface area contributed by atoms with Gasteiger partial charge in [0, 0.05) is 25.5 Å². The summed E-state index contributed by atoms with van der Waals surface area (Å²) in [6, 6.07) is 22.3. The lowest BCUT2D eigenvalue weighted by Gasteiger charge is -2.10. The maximum absolute atomic E-state index is 2.42. The van der Waals surface area contributed by atoms with Gasteiger partial charge in [-0.15, -0.1) is 23.1 Å². The molecule has 0 N–H and O–H groups in total. The maximum atomic E-state index is 2.42. The molecular weight excluding hydrogens is 316 g/mol. The molecule has 0 fully saturated rings. The van der Waals surface area contributed by atoms with Crippen LogP contribution in [-0.4, -0.2) is 5.25 Å². The zero-order chi connectivity index (χ0) is 15.4. The Balaban J connectivity index is 1.86. The number of benzene rings is 3. The van der Waals surface area contributed by atoms with Gasteiger partial charge in [-0.3, -0.25) is 0 Å². The molecule has 3 aromatic carbocycles. The molecule has 0 radical (unpaired) electrons. The molecule has 0 saturated heterocycles. The van der Waals surface area contributed by atoms with Crippen molar-refractivity contribution in [3.63, 3.8) is 0 Å². The molecule has 0 aliphatic carbocycles. The number of thioether (sulfide) groups is 1. The molecule has 1 aromatic heterocycles. The fraction of sp³-hybridized carbons (Fsp3) is 0.143. The van der Waals surface area contributed by atoms with Crippen LogP contribution in [0.4, 0.5) is 0 Å². The lowest BCUT2D eigenvalue weighted by Crippen LogP contribution is -1.90. The van der Waals surface area contributed by atoms with Crippen LogP contribution in [0.2, 0.25) is 0 Å². The first-order valence-corrected chi connectivity index (χ1v) is 9.69. The van der Waals surface area contributed by atoms with Gasteiger partial charge in [-0.1, -0.05) is 55.5 Å². The first kappa shape index (κ1) is 13.6. The van der Waals surface area contributed by atoms with Crippen molar-refractivity contribution in [2.45, 2.75) is 23.5 Å². The van der Waals surface area contributed by atoms with Crippen LogP contribution in [0.1, 0.15) is 11.8 Å². The Hall–Kier alpha value is -1.77. The van der Waals surface area contributed by atoms with Gasteiger partial charge in [0.1, 0.15) is 0 Å². The number of rotatable bonds is 1. The van der Waals surface area contributed by atoms with Crippen molar-refractivity contribution in [3.05, 3.63) is 65.5 Å². The monoisotopic (exact) mass is 332 g/mol. The van der Waals surface area contributed by atoms with Crippen LogP contribution in [0.15, 0.2) is 65.6 Å². The quantitative estimate of drug-likeness (QED) is 0.347.